The summed E-state index contributed by atoms with van der Waals surface area (Å²) in [6, 6.07) is 3.35. The predicted octanol–water partition coefficient (Wildman–Crippen LogP) is 5.39. The zero-order chi connectivity index (χ0) is 27.6. The van der Waals surface area contributed by atoms with Crippen molar-refractivity contribution in [3.05, 3.63) is 85.9 Å². The summed E-state index contributed by atoms with van der Waals surface area (Å²) in [6.45, 7) is 3.97. The first-order valence-corrected chi connectivity index (χ1v) is 12.9. The van der Waals surface area contributed by atoms with Gasteiger partial charge in [0.05, 0.1) is 16.8 Å². The average Bonchev–Trinajstić information content (AvgIpc) is 3.34. The zero-order valence-corrected chi connectivity index (χ0v) is 21.8. The number of amides is 1. The zero-order valence-electron chi connectivity index (χ0n) is 21.1. The fraction of sp³-hybridized carbons (Fsp3) is 0.407. The molecule has 38 heavy (non-hydrogen) atoms. The number of benzene rings is 1. The average molecular weight is 549 g/mol. The molecular weight excluding hydrogens is 521 g/mol. The molecule has 3 heterocycles. The highest BCUT2D eigenvalue weighted by Gasteiger charge is 2.35. The summed E-state index contributed by atoms with van der Waals surface area (Å²) in [5.41, 5.74) is -0.963. The standard InChI is InChI=1S/C27H28ClF3N4O3/c1-3-5-6-22-33-25(36)23(27(38)35(22)21(4-2)16-9-18(29)12-19(30)10-16)26(37)34-8-7-15(14-34)24-20(31)11-17(28)13-32-24/h9-13,15,21,36H,3-8,14H2,1-2H3. The molecule has 4 rings (SSSR count). The second-order valence-corrected chi connectivity index (χ2v) is 9.83. The molecule has 11 heteroatoms. The van der Waals surface area contributed by atoms with Gasteiger partial charge in [-0.3, -0.25) is 19.1 Å². The maximum absolute atomic E-state index is 14.4. The van der Waals surface area contributed by atoms with Gasteiger partial charge in [0, 0.05) is 37.7 Å². The van der Waals surface area contributed by atoms with E-state index in [1.807, 2.05) is 6.92 Å². The molecule has 1 fully saturated rings. The van der Waals surface area contributed by atoms with Crippen LogP contribution in [0.5, 0.6) is 5.88 Å². The van der Waals surface area contributed by atoms with Crippen LogP contribution in [-0.4, -0.2) is 43.5 Å². The molecule has 2 unspecified atom stereocenters. The van der Waals surface area contributed by atoms with Crippen LogP contribution in [0.2, 0.25) is 5.02 Å². The topological polar surface area (TPSA) is 88.3 Å². The fourth-order valence-electron chi connectivity index (χ4n) is 4.97. The van der Waals surface area contributed by atoms with E-state index in [2.05, 4.69) is 9.97 Å². The van der Waals surface area contributed by atoms with Gasteiger partial charge in [-0.05, 0) is 43.0 Å². The van der Waals surface area contributed by atoms with Gasteiger partial charge in [-0.25, -0.2) is 13.2 Å². The summed E-state index contributed by atoms with van der Waals surface area (Å²) in [7, 11) is 0. The molecule has 1 amide bonds. The number of nitrogens with zero attached hydrogens (tertiary/aromatic N) is 4. The highest BCUT2D eigenvalue weighted by Crippen LogP contribution is 2.31. The number of hydrogen-bond donors (Lipinski definition) is 1. The third kappa shape index (κ3) is 5.55. The minimum atomic E-state index is -0.821. The number of hydrogen-bond acceptors (Lipinski definition) is 5. The molecule has 2 atom stereocenters. The molecule has 1 saturated heterocycles. The Balaban J connectivity index is 1.75. The Kier molecular flexibility index (Phi) is 8.40. The Morgan fingerprint density at radius 3 is 2.53 bits per heavy atom. The van der Waals surface area contributed by atoms with Gasteiger partial charge in [0.15, 0.2) is 5.56 Å². The van der Waals surface area contributed by atoms with Crippen LogP contribution >= 0.6 is 11.6 Å². The molecule has 1 N–H and O–H groups in total. The third-order valence-corrected chi connectivity index (χ3v) is 7.01. The van der Waals surface area contributed by atoms with Crippen molar-refractivity contribution in [2.75, 3.05) is 13.1 Å². The maximum Gasteiger partial charge on any atom is 0.270 e. The van der Waals surface area contributed by atoms with Gasteiger partial charge in [0.1, 0.15) is 23.3 Å². The number of unbranched alkanes of at least 4 members (excludes halogenated alkanes) is 1. The van der Waals surface area contributed by atoms with Crippen molar-refractivity contribution in [2.24, 2.45) is 0 Å². The van der Waals surface area contributed by atoms with Crippen LogP contribution in [0.4, 0.5) is 13.2 Å². The lowest BCUT2D eigenvalue weighted by atomic mass is 10.0. The monoisotopic (exact) mass is 548 g/mol. The van der Waals surface area contributed by atoms with E-state index < -0.39 is 52.3 Å². The third-order valence-electron chi connectivity index (χ3n) is 6.80. The lowest BCUT2D eigenvalue weighted by molar-refractivity contribution is 0.0783. The van der Waals surface area contributed by atoms with E-state index >= 15 is 0 Å². The molecule has 0 bridgehead atoms. The van der Waals surface area contributed by atoms with Crippen LogP contribution in [0.3, 0.4) is 0 Å². The molecule has 0 aliphatic carbocycles. The molecular formula is C27H28ClF3N4O3. The highest BCUT2D eigenvalue weighted by molar-refractivity contribution is 6.30. The molecule has 2 aromatic heterocycles. The highest BCUT2D eigenvalue weighted by atomic mass is 35.5. The number of aromatic hydroxyl groups is 1. The van der Waals surface area contributed by atoms with Crippen molar-refractivity contribution in [3.8, 4) is 5.88 Å². The number of likely N-dealkylation sites (tertiary alicyclic amines) is 1. The Labute approximate surface area is 222 Å². The molecule has 3 aromatic rings. The van der Waals surface area contributed by atoms with Crippen LogP contribution in [0, 0.1) is 17.5 Å². The lowest BCUT2D eigenvalue weighted by Crippen LogP contribution is -2.38. The predicted molar refractivity (Wildman–Crippen MR) is 136 cm³/mol. The molecule has 1 aromatic carbocycles. The van der Waals surface area contributed by atoms with Gasteiger partial charge in [-0.2, -0.15) is 4.98 Å². The first-order valence-electron chi connectivity index (χ1n) is 12.5. The Morgan fingerprint density at radius 1 is 1.18 bits per heavy atom. The van der Waals surface area contributed by atoms with Gasteiger partial charge in [-0.1, -0.05) is 31.9 Å². The Hall–Kier alpha value is -3.40. The second-order valence-electron chi connectivity index (χ2n) is 9.39. The van der Waals surface area contributed by atoms with Crippen LogP contribution in [0.15, 0.2) is 35.3 Å². The first-order chi connectivity index (χ1) is 18.1. The number of carbonyl (C=O) groups is 1. The van der Waals surface area contributed by atoms with Gasteiger partial charge < -0.3 is 10.0 Å². The number of aryl methyl sites for hydroxylation is 1. The van der Waals surface area contributed by atoms with Crippen LogP contribution < -0.4 is 5.56 Å². The molecule has 0 saturated carbocycles. The van der Waals surface area contributed by atoms with Crippen LogP contribution in [-0.2, 0) is 6.42 Å². The van der Waals surface area contributed by atoms with Crippen molar-refractivity contribution < 1.29 is 23.1 Å². The minimum Gasteiger partial charge on any atom is -0.493 e. The van der Waals surface area contributed by atoms with Crippen molar-refractivity contribution >= 4 is 17.5 Å². The van der Waals surface area contributed by atoms with Gasteiger partial charge in [0.25, 0.3) is 11.5 Å². The number of halogens is 4. The summed E-state index contributed by atoms with van der Waals surface area (Å²) in [4.78, 5) is 36.9. The van der Waals surface area contributed by atoms with Crippen LogP contribution in [0.25, 0.3) is 0 Å². The normalized spacial score (nSPS) is 16.2. The van der Waals surface area contributed by atoms with Gasteiger partial charge in [0.2, 0.25) is 5.88 Å². The lowest BCUT2D eigenvalue weighted by Gasteiger charge is -2.24. The van der Waals surface area contributed by atoms with E-state index in [1.165, 1.54) is 15.7 Å². The van der Waals surface area contributed by atoms with Crippen molar-refractivity contribution in [3.63, 3.8) is 0 Å². The molecule has 202 valence electrons. The largest absolute Gasteiger partial charge is 0.493 e. The van der Waals surface area contributed by atoms with Gasteiger partial charge >= 0.3 is 0 Å². The molecule has 7 nitrogen and oxygen atoms in total. The molecule has 1 aliphatic rings. The Morgan fingerprint density at radius 2 is 1.89 bits per heavy atom. The van der Waals surface area contributed by atoms with Gasteiger partial charge in [-0.15, -0.1) is 0 Å². The van der Waals surface area contributed by atoms with Crippen molar-refractivity contribution in [1.82, 2.24) is 19.4 Å². The Bertz CT molecular complexity index is 1390. The SMILES string of the molecule is CCCCc1nc(O)c(C(=O)N2CCC(c3ncc(Cl)cc3F)C2)c(=O)n1C(CC)c1cc(F)cc(F)c1. The minimum absolute atomic E-state index is 0.0766. The summed E-state index contributed by atoms with van der Waals surface area (Å²) in [6.07, 6.45) is 3.72. The van der Waals surface area contributed by atoms with Crippen molar-refractivity contribution in [2.45, 2.75) is 57.9 Å². The molecule has 0 radical (unpaired) electrons. The van der Waals surface area contributed by atoms with E-state index in [0.717, 1.165) is 30.7 Å². The van der Waals surface area contributed by atoms with E-state index in [-0.39, 0.29) is 41.6 Å². The van der Waals surface area contributed by atoms with Crippen LogP contribution in [0.1, 0.15) is 78.9 Å². The summed E-state index contributed by atoms with van der Waals surface area (Å²) < 4.78 is 43.8. The summed E-state index contributed by atoms with van der Waals surface area (Å²) >= 11 is 5.80. The quantitative estimate of drug-likeness (QED) is 0.408. The van der Waals surface area contributed by atoms with E-state index in [1.54, 1.807) is 6.92 Å². The maximum atomic E-state index is 14.4. The number of aromatic nitrogens is 3. The fourth-order valence-corrected chi connectivity index (χ4v) is 5.12. The second kappa shape index (κ2) is 11.6. The van der Waals surface area contributed by atoms with E-state index in [4.69, 9.17) is 11.6 Å². The van der Waals surface area contributed by atoms with Crippen molar-refractivity contribution in [1.29, 1.82) is 0 Å². The smallest absolute Gasteiger partial charge is 0.270 e. The number of carbonyl (C=O) groups excluding carboxylic acids is 1. The summed E-state index contributed by atoms with van der Waals surface area (Å²) in [5.74, 6) is -3.84. The number of rotatable bonds is 8. The molecule has 1 aliphatic heterocycles. The first kappa shape index (κ1) is 27.6. The van der Waals surface area contributed by atoms with E-state index in [0.29, 0.717) is 19.3 Å². The number of pyridine rings is 1. The van der Waals surface area contributed by atoms with E-state index in [9.17, 15) is 27.9 Å². The molecule has 0 spiro atoms. The summed E-state index contributed by atoms with van der Waals surface area (Å²) in [5, 5.41) is 10.9.